The van der Waals surface area contributed by atoms with Gasteiger partial charge in [0.15, 0.2) is 0 Å². The molecule has 18 heavy (non-hydrogen) atoms. The normalized spacial score (nSPS) is 18.2. The number of nitrogens with two attached hydrogens (primary N) is 1. The van der Waals surface area contributed by atoms with E-state index in [4.69, 9.17) is 5.73 Å². The fourth-order valence-electron chi connectivity index (χ4n) is 2.22. The molecular weight excluding hydrogens is 250 g/mol. The lowest BCUT2D eigenvalue weighted by Crippen LogP contribution is -2.37. The Hall–Kier alpha value is -0.870. The van der Waals surface area contributed by atoms with Crippen LogP contribution in [0.25, 0.3) is 0 Å². The topological polar surface area (TPSA) is 71.8 Å². The van der Waals surface area contributed by atoms with Crippen molar-refractivity contribution >= 4 is 12.4 Å². The summed E-state index contributed by atoms with van der Waals surface area (Å²) in [5.74, 6) is 0.630. The number of nitrogens with one attached hydrogen (secondary N) is 1. The number of H-pyrrole nitrogens is 1. The van der Waals surface area contributed by atoms with Crippen LogP contribution in [0.2, 0.25) is 0 Å². The molecule has 0 aliphatic heterocycles. The minimum absolute atomic E-state index is 0. The van der Waals surface area contributed by atoms with Gasteiger partial charge < -0.3 is 10.7 Å². The third-order valence-corrected chi connectivity index (χ3v) is 3.72. The van der Waals surface area contributed by atoms with Crippen LogP contribution < -0.4 is 11.3 Å². The Morgan fingerprint density at radius 3 is 2.67 bits per heavy atom. The van der Waals surface area contributed by atoms with Crippen molar-refractivity contribution in [3.8, 4) is 0 Å². The summed E-state index contributed by atoms with van der Waals surface area (Å²) in [5, 5.41) is 0. The van der Waals surface area contributed by atoms with Crippen molar-refractivity contribution in [2.45, 2.75) is 57.9 Å². The molecule has 0 bridgehead atoms. The van der Waals surface area contributed by atoms with Crippen molar-refractivity contribution in [1.29, 1.82) is 0 Å². The summed E-state index contributed by atoms with van der Waals surface area (Å²) in [6, 6.07) is 0. The maximum absolute atomic E-state index is 12.0. The van der Waals surface area contributed by atoms with Crippen LogP contribution in [0.1, 0.15) is 56.6 Å². The monoisotopic (exact) mass is 271 g/mol. The first-order valence-electron chi connectivity index (χ1n) is 6.46. The predicted octanol–water partition coefficient (Wildman–Crippen LogP) is 2.04. The molecule has 102 valence electrons. The van der Waals surface area contributed by atoms with E-state index in [1.54, 1.807) is 0 Å². The lowest BCUT2D eigenvalue weighted by molar-refractivity contribution is 0.441. The van der Waals surface area contributed by atoms with Gasteiger partial charge in [0.05, 0.1) is 11.2 Å². The summed E-state index contributed by atoms with van der Waals surface area (Å²) in [4.78, 5) is 19.5. The van der Waals surface area contributed by atoms with E-state index in [2.05, 4.69) is 9.97 Å². The van der Waals surface area contributed by atoms with Gasteiger partial charge in [0.25, 0.3) is 5.56 Å². The Morgan fingerprint density at radius 1 is 1.33 bits per heavy atom. The van der Waals surface area contributed by atoms with Crippen LogP contribution in [-0.2, 0) is 18.4 Å². The zero-order valence-electron chi connectivity index (χ0n) is 11.1. The molecule has 1 aromatic rings. The second kappa shape index (κ2) is 5.85. The van der Waals surface area contributed by atoms with Gasteiger partial charge in [-0.2, -0.15) is 0 Å². The SMILES string of the molecule is CCC(C)(N)c1nc2c(c(=O)[nH]1)CCCCC2.Cl. The highest BCUT2D eigenvalue weighted by Gasteiger charge is 2.24. The number of rotatable bonds is 2. The first kappa shape index (κ1) is 15.2. The van der Waals surface area contributed by atoms with Crippen LogP contribution in [-0.4, -0.2) is 9.97 Å². The molecular formula is C13H22ClN3O. The summed E-state index contributed by atoms with van der Waals surface area (Å²) in [6.45, 7) is 3.92. The Kier molecular flexibility index (Phi) is 4.93. The molecule has 1 unspecified atom stereocenters. The molecule has 1 heterocycles. The zero-order chi connectivity index (χ0) is 12.5. The first-order valence-corrected chi connectivity index (χ1v) is 6.46. The quantitative estimate of drug-likeness (QED) is 0.809. The number of nitrogens with zero attached hydrogens (tertiary/aromatic N) is 1. The highest BCUT2D eigenvalue weighted by molar-refractivity contribution is 5.85. The molecule has 1 aliphatic carbocycles. The van der Waals surface area contributed by atoms with Gasteiger partial charge in [0.2, 0.25) is 0 Å². The van der Waals surface area contributed by atoms with Crippen molar-refractivity contribution in [1.82, 2.24) is 9.97 Å². The molecule has 0 radical (unpaired) electrons. The Bertz CT molecular complexity index is 468. The number of fused-ring (bicyclic) bond motifs is 1. The molecule has 2 rings (SSSR count). The molecule has 3 N–H and O–H groups in total. The molecule has 1 atom stereocenters. The third-order valence-electron chi connectivity index (χ3n) is 3.72. The van der Waals surface area contributed by atoms with Crippen molar-refractivity contribution in [3.05, 3.63) is 27.4 Å². The first-order chi connectivity index (χ1) is 8.04. The van der Waals surface area contributed by atoms with E-state index in [0.29, 0.717) is 5.82 Å². The number of aryl methyl sites for hydroxylation is 1. The van der Waals surface area contributed by atoms with Gasteiger partial charge in [-0.15, -0.1) is 12.4 Å². The number of halogens is 1. The maximum atomic E-state index is 12.0. The van der Waals surface area contributed by atoms with Crippen LogP contribution >= 0.6 is 12.4 Å². The number of hydrogen-bond acceptors (Lipinski definition) is 3. The van der Waals surface area contributed by atoms with E-state index in [-0.39, 0.29) is 18.0 Å². The summed E-state index contributed by atoms with van der Waals surface area (Å²) in [6.07, 6.45) is 5.91. The Balaban J connectivity index is 0.00000162. The molecule has 4 nitrogen and oxygen atoms in total. The van der Waals surface area contributed by atoms with Gasteiger partial charge in [-0.3, -0.25) is 4.79 Å². The van der Waals surface area contributed by atoms with E-state index in [1.165, 1.54) is 6.42 Å². The van der Waals surface area contributed by atoms with E-state index in [9.17, 15) is 4.79 Å². The summed E-state index contributed by atoms with van der Waals surface area (Å²) < 4.78 is 0. The van der Waals surface area contributed by atoms with Crippen molar-refractivity contribution in [2.75, 3.05) is 0 Å². The van der Waals surface area contributed by atoms with Crippen LogP contribution in [0.15, 0.2) is 4.79 Å². The molecule has 0 amide bonds. The van der Waals surface area contributed by atoms with E-state index >= 15 is 0 Å². The number of aromatic amines is 1. The zero-order valence-corrected chi connectivity index (χ0v) is 11.9. The number of hydrogen-bond donors (Lipinski definition) is 2. The smallest absolute Gasteiger partial charge is 0.254 e. The van der Waals surface area contributed by atoms with Gasteiger partial charge in [-0.05, 0) is 39.0 Å². The summed E-state index contributed by atoms with van der Waals surface area (Å²) >= 11 is 0. The van der Waals surface area contributed by atoms with E-state index in [0.717, 1.165) is 43.4 Å². The highest BCUT2D eigenvalue weighted by atomic mass is 35.5. The maximum Gasteiger partial charge on any atom is 0.254 e. The van der Waals surface area contributed by atoms with Crippen molar-refractivity contribution < 1.29 is 0 Å². The minimum Gasteiger partial charge on any atom is -0.319 e. The molecule has 5 heteroatoms. The molecule has 1 aromatic heterocycles. The molecule has 0 aromatic carbocycles. The second-order valence-electron chi connectivity index (χ2n) is 5.17. The molecule has 0 saturated heterocycles. The largest absolute Gasteiger partial charge is 0.319 e. The fraction of sp³-hybridized carbons (Fsp3) is 0.692. The Morgan fingerprint density at radius 2 is 2.00 bits per heavy atom. The van der Waals surface area contributed by atoms with E-state index < -0.39 is 5.54 Å². The van der Waals surface area contributed by atoms with Crippen LogP contribution in [0.4, 0.5) is 0 Å². The average Bonchev–Trinajstić information content (AvgIpc) is 2.54. The van der Waals surface area contributed by atoms with Gasteiger partial charge in [-0.25, -0.2) is 4.98 Å². The minimum atomic E-state index is -0.541. The lowest BCUT2D eigenvalue weighted by atomic mass is 9.99. The lowest BCUT2D eigenvalue weighted by Gasteiger charge is -2.22. The second-order valence-corrected chi connectivity index (χ2v) is 5.17. The Labute approximate surface area is 114 Å². The molecule has 0 saturated carbocycles. The number of aromatic nitrogens is 2. The summed E-state index contributed by atoms with van der Waals surface area (Å²) in [5.41, 5.74) is 7.45. The van der Waals surface area contributed by atoms with Gasteiger partial charge in [0.1, 0.15) is 5.82 Å². The molecule has 0 spiro atoms. The average molecular weight is 272 g/mol. The standard InChI is InChI=1S/C13H21N3O.ClH/c1-3-13(2,14)12-15-10-8-6-4-5-7-9(10)11(17)16-12;/h3-8,14H2,1-2H3,(H,15,16,17);1H. The van der Waals surface area contributed by atoms with Crippen molar-refractivity contribution in [2.24, 2.45) is 5.73 Å². The van der Waals surface area contributed by atoms with Crippen molar-refractivity contribution in [3.63, 3.8) is 0 Å². The van der Waals surface area contributed by atoms with Crippen LogP contribution in [0, 0.1) is 0 Å². The predicted molar refractivity (Wildman–Crippen MR) is 75.2 cm³/mol. The van der Waals surface area contributed by atoms with Gasteiger partial charge in [0, 0.05) is 5.56 Å². The summed E-state index contributed by atoms with van der Waals surface area (Å²) in [7, 11) is 0. The molecule has 0 fully saturated rings. The van der Waals surface area contributed by atoms with E-state index in [1.807, 2.05) is 13.8 Å². The molecule has 1 aliphatic rings. The van der Waals surface area contributed by atoms with Gasteiger partial charge >= 0.3 is 0 Å². The highest BCUT2D eigenvalue weighted by Crippen LogP contribution is 2.20. The van der Waals surface area contributed by atoms with Crippen LogP contribution in [0.5, 0.6) is 0 Å². The van der Waals surface area contributed by atoms with Crippen LogP contribution in [0.3, 0.4) is 0 Å². The van der Waals surface area contributed by atoms with Gasteiger partial charge in [-0.1, -0.05) is 13.3 Å². The fourth-order valence-corrected chi connectivity index (χ4v) is 2.22. The third kappa shape index (κ3) is 2.93.